The molecular formula is C15H17N2+. The molecule has 1 heterocycles. The Morgan fingerprint density at radius 2 is 2.06 bits per heavy atom. The largest absolute Gasteiger partial charge is 0.243 e. The number of rotatable bonds is 3. The normalized spacial score (nSPS) is 9.71. The Hall–Kier alpha value is -2.01. The van der Waals surface area contributed by atoms with Crippen LogP contribution in [0.4, 0.5) is 0 Å². The predicted octanol–water partition coefficient (Wildman–Crippen LogP) is 2.14. The van der Waals surface area contributed by atoms with Crippen molar-refractivity contribution in [3.8, 4) is 11.8 Å². The van der Waals surface area contributed by atoms with Crippen LogP contribution in [0.5, 0.6) is 0 Å². The molecule has 2 nitrogen and oxygen atoms in total. The monoisotopic (exact) mass is 225 g/mol. The summed E-state index contributed by atoms with van der Waals surface area (Å²) in [5, 5.41) is 0. The Kier molecular flexibility index (Phi) is 3.99. The fraction of sp³-hybridized carbons (Fsp3) is 0.267. The predicted molar refractivity (Wildman–Crippen MR) is 68.2 cm³/mol. The summed E-state index contributed by atoms with van der Waals surface area (Å²) >= 11 is 0. The van der Waals surface area contributed by atoms with Crippen LogP contribution in [0.15, 0.2) is 49.1 Å². The molecule has 2 heteroatoms. The van der Waals surface area contributed by atoms with Crippen LogP contribution in [0.1, 0.15) is 18.4 Å². The van der Waals surface area contributed by atoms with E-state index in [1.807, 2.05) is 37.4 Å². The Balaban J connectivity index is 1.75. The average Bonchev–Trinajstić information content (AvgIpc) is 2.76. The topological polar surface area (TPSA) is 8.81 Å². The molecule has 86 valence electrons. The van der Waals surface area contributed by atoms with Crippen molar-refractivity contribution in [1.82, 2.24) is 4.57 Å². The number of unbranched alkanes of at least 4 members (excludes halogenated alkanes) is 1. The minimum absolute atomic E-state index is 0.941. The van der Waals surface area contributed by atoms with Gasteiger partial charge in [-0.2, -0.15) is 0 Å². The standard InChI is InChI=1S/C15H17N2/c1-16-12-13-17(14-16)11-7-3-6-10-15-8-4-2-5-9-15/h2,4-5,8-9,12-14H,3,7,11H2,1H3/q+1. The molecule has 0 saturated heterocycles. The van der Waals surface area contributed by atoms with Crippen LogP contribution < -0.4 is 4.57 Å². The van der Waals surface area contributed by atoms with Gasteiger partial charge < -0.3 is 0 Å². The van der Waals surface area contributed by atoms with Crippen molar-refractivity contribution >= 4 is 0 Å². The molecule has 0 saturated carbocycles. The van der Waals surface area contributed by atoms with Crippen LogP contribution in [0.25, 0.3) is 0 Å². The molecule has 0 aliphatic carbocycles. The summed E-state index contributed by atoms with van der Waals surface area (Å²) in [5.41, 5.74) is 1.10. The molecule has 0 spiro atoms. The van der Waals surface area contributed by atoms with Crippen molar-refractivity contribution in [2.24, 2.45) is 7.05 Å². The SMILES string of the molecule is C[n+]1ccn(CCCC#Cc2ccccc2)c1. The Bertz CT molecular complexity index is 515. The molecule has 2 aromatic rings. The third kappa shape index (κ3) is 3.81. The molecule has 0 unspecified atom stereocenters. The maximum Gasteiger partial charge on any atom is 0.243 e. The maximum atomic E-state index is 3.21. The van der Waals surface area contributed by atoms with Crippen molar-refractivity contribution in [3.63, 3.8) is 0 Å². The van der Waals surface area contributed by atoms with Gasteiger partial charge in [0.2, 0.25) is 6.33 Å². The van der Waals surface area contributed by atoms with Gasteiger partial charge in [0.05, 0.1) is 13.6 Å². The van der Waals surface area contributed by atoms with Crippen LogP contribution >= 0.6 is 0 Å². The van der Waals surface area contributed by atoms with Crippen LogP contribution in [0.2, 0.25) is 0 Å². The summed E-state index contributed by atoms with van der Waals surface area (Å²) in [4.78, 5) is 0. The number of imidazole rings is 1. The molecular weight excluding hydrogens is 208 g/mol. The highest BCUT2D eigenvalue weighted by atomic mass is 15.1. The number of hydrogen-bond donors (Lipinski definition) is 0. The molecule has 2 rings (SSSR count). The molecule has 0 radical (unpaired) electrons. The van der Waals surface area contributed by atoms with Gasteiger partial charge >= 0.3 is 0 Å². The van der Waals surface area contributed by atoms with E-state index in [4.69, 9.17) is 0 Å². The molecule has 0 atom stereocenters. The summed E-state index contributed by atoms with van der Waals surface area (Å²) in [7, 11) is 2.03. The van der Waals surface area contributed by atoms with Gasteiger partial charge in [-0.05, 0) is 18.6 Å². The lowest BCUT2D eigenvalue weighted by atomic mass is 10.2. The number of benzene rings is 1. The van der Waals surface area contributed by atoms with E-state index in [2.05, 4.69) is 39.7 Å². The van der Waals surface area contributed by atoms with Crippen molar-refractivity contribution in [1.29, 1.82) is 0 Å². The minimum Gasteiger partial charge on any atom is -0.240 e. The number of aryl methyl sites for hydroxylation is 2. The van der Waals surface area contributed by atoms with E-state index in [-0.39, 0.29) is 0 Å². The summed E-state index contributed by atoms with van der Waals surface area (Å²) in [6.45, 7) is 1.03. The van der Waals surface area contributed by atoms with E-state index >= 15 is 0 Å². The number of aromatic nitrogens is 2. The minimum atomic E-state index is 0.941. The summed E-state index contributed by atoms with van der Waals surface area (Å²) in [6.07, 6.45) is 8.26. The van der Waals surface area contributed by atoms with E-state index in [1.54, 1.807) is 0 Å². The van der Waals surface area contributed by atoms with E-state index < -0.39 is 0 Å². The van der Waals surface area contributed by atoms with E-state index in [0.29, 0.717) is 0 Å². The number of nitrogens with zero attached hydrogens (tertiary/aromatic N) is 2. The molecule has 0 bridgehead atoms. The maximum absolute atomic E-state index is 3.21. The highest BCUT2D eigenvalue weighted by Gasteiger charge is 1.97. The molecule has 17 heavy (non-hydrogen) atoms. The van der Waals surface area contributed by atoms with Gasteiger partial charge in [-0.3, -0.25) is 0 Å². The van der Waals surface area contributed by atoms with Crippen LogP contribution in [0.3, 0.4) is 0 Å². The lowest BCUT2D eigenvalue weighted by Crippen LogP contribution is -2.23. The third-order valence-electron chi connectivity index (χ3n) is 2.55. The second kappa shape index (κ2) is 5.91. The molecule has 1 aromatic carbocycles. The van der Waals surface area contributed by atoms with Crippen molar-refractivity contribution in [2.75, 3.05) is 0 Å². The average molecular weight is 225 g/mol. The fourth-order valence-electron chi connectivity index (χ4n) is 1.67. The Morgan fingerprint density at radius 3 is 2.76 bits per heavy atom. The molecule has 1 aromatic heterocycles. The van der Waals surface area contributed by atoms with Gasteiger partial charge in [0.1, 0.15) is 12.4 Å². The van der Waals surface area contributed by atoms with E-state index in [1.165, 1.54) is 0 Å². The first-order valence-corrected chi connectivity index (χ1v) is 5.89. The highest BCUT2D eigenvalue weighted by molar-refractivity contribution is 5.33. The van der Waals surface area contributed by atoms with Gasteiger partial charge in [-0.1, -0.05) is 30.0 Å². The first-order valence-electron chi connectivity index (χ1n) is 5.89. The van der Waals surface area contributed by atoms with Gasteiger partial charge in [-0.25, -0.2) is 9.13 Å². The second-order valence-electron chi connectivity index (χ2n) is 4.09. The first kappa shape index (κ1) is 11.5. The number of hydrogen-bond acceptors (Lipinski definition) is 0. The fourth-order valence-corrected chi connectivity index (χ4v) is 1.67. The zero-order valence-corrected chi connectivity index (χ0v) is 10.1. The van der Waals surface area contributed by atoms with Gasteiger partial charge in [0.15, 0.2) is 0 Å². The smallest absolute Gasteiger partial charge is 0.240 e. The van der Waals surface area contributed by atoms with Crippen molar-refractivity contribution < 1.29 is 4.57 Å². The third-order valence-corrected chi connectivity index (χ3v) is 2.55. The van der Waals surface area contributed by atoms with Crippen molar-refractivity contribution in [2.45, 2.75) is 19.4 Å². The lowest BCUT2D eigenvalue weighted by Gasteiger charge is -1.91. The van der Waals surface area contributed by atoms with Crippen LogP contribution in [-0.4, -0.2) is 4.57 Å². The summed E-state index contributed by atoms with van der Waals surface area (Å²) in [5.74, 6) is 6.38. The Labute approximate surface area is 103 Å². The first-order chi connectivity index (χ1) is 8.34. The molecule has 0 fully saturated rings. The van der Waals surface area contributed by atoms with Crippen LogP contribution in [-0.2, 0) is 13.6 Å². The Morgan fingerprint density at radius 1 is 1.24 bits per heavy atom. The second-order valence-corrected chi connectivity index (χ2v) is 4.09. The summed E-state index contributed by atoms with van der Waals surface area (Å²) in [6, 6.07) is 10.1. The summed E-state index contributed by atoms with van der Waals surface area (Å²) < 4.78 is 4.24. The van der Waals surface area contributed by atoms with Gasteiger partial charge in [0.25, 0.3) is 0 Å². The zero-order chi connectivity index (χ0) is 11.9. The lowest BCUT2D eigenvalue weighted by molar-refractivity contribution is -0.671. The van der Waals surface area contributed by atoms with E-state index in [0.717, 1.165) is 24.9 Å². The molecule has 0 aliphatic rings. The highest BCUT2D eigenvalue weighted by Crippen LogP contribution is 1.97. The van der Waals surface area contributed by atoms with Crippen LogP contribution in [0, 0.1) is 11.8 Å². The zero-order valence-electron chi connectivity index (χ0n) is 10.1. The molecule has 0 aliphatic heterocycles. The van der Waals surface area contributed by atoms with Gasteiger partial charge in [-0.15, -0.1) is 0 Å². The quantitative estimate of drug-likeness (QED) is 0.430. The molecule has 0 amide bonds. The molecule has 0 N–H and O–H groups in total. The van der Waals surface area contributed by atoms with Crippen molar-refractivity contribution in [3.05, 3.63) is 54.6 Å². The van der Waals surface area contributed by atoms with Gasteiger partial charge in [0, 0.05) is 12.0 Å². The van der Waals surface area contributed by atoms with E-state index in [9.17, 15) is 0 Å².